The minimum absolute atomic E-state index is 0.0794. The van der Waals surface area contributed by atoms with Crippen molar-refractivity contribution in [2.24, 2.45) is 5.73 Å². The fraction of sp³-hybridized carbons (Fsp3) is 0.909. The number of rotatable bonds is 5. The Bertz CT molecular complexity index is 226. The highest BCUT2D eigenvalue weighted by Crippen LogP contribution is 2.21. The number of carbonyl (C=O) groups is 1. The van der Waals surface area contributed by atoms with Gasteiger partial charge in [-0.2, -0.15) is 11.8 Å². The molecule has 0 aromatic carbocycles. The number of methoxy groups -OCH3 is 1. The minimum atomic E-state index is -0.402. The van der Waals surface area contributed by atoms with Crippen LogP contribution in [-0.4, -0.2) is 54.7 Å². The van der Waals surface area contributed by atoms with Crippen LogP contribution in [0.3, 0.4) is 0 Å². The highest BCUT2D eigenvalue weighted by atomic mass is 32.2. The number of nitrogens with two attached hydrogens (primary N) is 1. The molecule has 1 aliphatic heterocycles. The SMILES string of the molecule is CCC1CN(C(=O)C(N)CCOC)CCS1. The van der Waals surface area contributed by atoms with Crippen LogP contribution in [0.4, 0.5) is 0 Å². The van der Waals surface area contributed by atoms with Crippen molar-refractivity contribution in [3.8, 4) is 0 Å². The third-order valence-electron chi connectivity index (χ3n) is 2.86. The standard InChI is InChI=1S/C11H22N2O2S/c1-3-9-8-13(5-7-16-9)11(14)10(12)4-6-15-2/h9-10H,3-8,12H2,1-2H3. The van der Waals surface area contributed by atoms with Crippen LogP contribution in [0.5, 0.6) is 0 Å². The van der Waals surface area contributed by atoms with Crippen molar-refractivity contribution < 1.29 is 9.53 Å². The lowest BCUT2D eigenvalue weighted by molar-refractivity contribution is -0.132. The maximum absolute atomic E-state index is 12.0. The van der Waals surface area contributed by atoms with E-state index in [4.69, 9.17) is 10.5 Å². The molecule has 0 radical (unpaired) electrons. The first-order valence-corrected chi connectivity index (χ1v) is 6.88. The summed E-state index contributed by atoms with van der Waals surface area (Å²) >= 11 is 1.95. The normalized spacial score (nSPS) is 23.2. The van der Waals surface area contributed by atoms with Crippen LogP contribution in [0.2, 0.25) is 0 Å². The van der Waals surface area contributed by atoms with Crippen LogP contribution in [0.15, 0.2) is 0 Å². The van der Waals surface area contributed by atoms with Crippen LogP contribution in [0.25, 0.3) is 0 Å². The summed E-state index contributed by atoms with van der Waals surface area (Å²) in [6.07, 6.45) is 1.72. The molecular weight excluding hydrogens is 224 g/mol. The molecule has 0 saturated carbocycles. The van der Waals surface area contributed by atoms with Crippen molar-refractivity contribution in [3.63, 3.8) is 0 Å². The summed E-state index contributed by atoms with van der Waals surface area (Å²) in [6.45, 7) is 4.39. The second kappa shape index (κ2) is 7.14. The summed E-state index contributed by atoms with van der Waals surface area (Å²) in [4.78, 5) is 13.9. The third-order valence-corrected chi connectivity index (χ3v) is 4.23. The molecule has 1 rings (SSSR count). The molecular formula is C11H22N2O2S. The van der Waals surface area contributed by atoms with Gasteiger partial charge in [0.15, 0.2) is 0 Å². The van der Waals surface area contributed by atoms with Crippen LogP contribution in [0, 0.1) is 0 Å². The van der Waals surface area contributed by atoms with Gasteiger partial charge in [0, 0.05) is 37.8 Å². The Morgan fingerprint density at radius 1 is 1.69 bits per heavy atom. The van der Waals surface area contributed by atoms with Gasteiger partial charge in [-0.1, -0.05) is 6.92 Å². The quantitative estimate of drug-likeness (QED) is 0.776. The van der Waals surface area contributed by atoms with Crippen molar-refractivity contribution in [1.82, 2.24) is 4.90 Å². The second-order valence-electron chi connectivity index (χ2n) is 4.07. The number of hydrogen-bond acceptors (Lipinski definition) is 4. The largest absolute Gasteiger partial charge is 0.385 e. The van der Waals surface area contributed by atoms with E-state index < -0.39 is 6.04 Å². The van der Waals surface area contributed by atoms with Gasteiger partial charge in [-0.15, -0.1) is 0 Å². The molecule has 2 N–H and O–H groups in total. The van der Waals surface area contributed by atoms with Gasteiger partial charge in [-0.25, -0.2) is 0 Å². The fourth-order valence-electron chi connectivity index (χ4n) is 1.77. The van der Waals surface area contributed by atoms with E-state index >= 15 is 0 Å². The molecule has 1 heterocycles. The molecule has 0 spiro atoms. The molecule has 1 saturated heterocycles. The van der Waals surface area contributed by atoms with E-state index in [9.17, 15) is 4.79 Å². The Morgan fingerprint density at radius 2 is 2.44 bits per heavy atom. The van der Waals surface area contributed by atoms with Crippen molar-refractivity contribution in [3.05, 3.63) is 0 Å². The van der Waals surface area contributed by atoms with Gasteiger partial charge in [0.2, 0.25) is 5.91 Å². The molecule has 1 amide bonds. The molecule has 4 nitrogen and oxygen atoms in total. The Morgan fingerprint density at radius 3 is 3.06 bits per heavy atom. The maximum atomic E-state index is 12.0. The van der Waals surface area contributed by atoms with Gasteiger partial charge in [-0.05, 0) is 12.8 Å². The van der Waals surface area contributed by atoms with E-state index in [-0.39, 0.29) is 5.91 Å². The molecule has 16 heavy (non-hydrogen) atoms. The van der Waals surface area contributed by atoms with Crippen molar-refractivity contribution in [1.29, 1.82) is 0 Å². The highest BCUT2D eigenvalue weighted by molar-refractivity contribution is 8.00. The van der Waals surface area contributed by atoms with Gasteiger partial charge in [-0.3, -0.25) is 4.79 Å². The smallest absolute Gasteiger partial charge is 0.239 e. The minimum Gasteiger partial charge on any atom is -0.385 e. The number of carbonyl (C=O) groups excluding carboxylic acids is 1. The molecule has 2 atom stereocenters. The highest BCUT2D eigenvalue weighted by Gasteiger charge is 2.26. The maximum Gasteiger partial charge on any atom is 0.239 e. The van der Waals surface area contributed by atoms with E-state index in [1.165, 1.54) is 0 Å². The van der Waals surface area contributed by atoms with E-state index in [0.717, 1.165) is 25.3 Å². The topological polar surface area (TPSA) is 55.6 Å². The molecule has 94 valence electrons. The number of thioether (sulfide) groups is 1. The Balaban J connectivity index is 2.40. The van der Waals surface area contributed by atoms with Crippen LogP contribution >= 0.6 is 11.8 Å². The van der Waals surface area contributed by atoms with Gasteiger partial charge < -0.3 is 15.4 Å². The Kier molecular flexibility index (Phi) is 6.16. The summed E-state index contributed by atoms with van der Waals surface area (Å²) in [5.74, 6) is 1.11. The summed E-state index contributed by atoms with van der Waals surface area (Å²) in [7, 11) is 1.63. The molecule has 0 bridgehead atoms. The number of hydrogen-bond donors (Lipinski definition) is 1. The van der Waals surface area contributed by atoms with Crippen LogP contribution < -0.4 is 5.73 Å². The van der Waals surface area contributed by atoms with Crippen molar-refractivity contribution >= 4 is 17.7 Å². The first-order valence-electron chi connectivity index (χ1n) is 5.84. The summed E-state index contributed by atoms with van der Waals surface area (Å²) < 4.78 is 4.94. The molecule has 5 heteroatoms. The average molecular weight is 246 g/mol. The summed E-state index contributed by atoms with van der Waals surface area (Å²) in [5.41, 5.74) is 5.84. The van der Waals surface area contributed by atoms with Crippen LogP contribution in [0.1, 0.15) is 19.8 Å². The third kappa shape index (κ3) is 3.96. The first-order chi connectivity index (χ1) is 7.69. The van der Waals surface area contributed by atoms with Crippen molar-refractivity contribution in [2.45, 2.75) is 31.1 Å². The van der Waals surface area contributed by atoms with Gasteiger partial charge in [0.05, 0.1) is 6.04 Å². The molecule has 1 aliphatic rings. The monoisotopic (exact) mass is 246 g/mol. The van der Waals surface area contributed by atoms with Gasteiger partial charge >= 0.3 is 0 Å². The average Bonchev–Trinajstić information content (AvgIpc) is 2.35. The zero-order valence-electron chi connectivity index (χ0n) is 10.1. The van der Waals surface area contributed by atoms with E-state index in [0.29, 0.717) is 18.3 Å². The molecule has 0 aliphatic carbocycles. The van der Waals surface area contributed by atoms with E-state index in [1.54, 1.807) is 7.11 Å². The Labute approximate surface area is 102 Å². The predicted octanol–water partition coefficient (Wildman–Crippen LogP) is 0.704. The lowest BCUT2D eigenvalue weighted by atomic mass is 10.2. The van der Waals surface area contributed by atoms with E-state index in [2.05, 4.69) is 6.92 Å². The lowest BCUT2D eigenvalue weighted by Crippen LogP contribution is -2.49. The van der Waals surface area contributed by atoms with Crippen LogP contribution in [-0.2, 0) is 9.53 Å². The first kappa shape index (κ1) is 13.8. The number of ether oxygens (including phenoxy) is 1. The summed E-state index contributed by atoms with van der Waals surface area (Å²) in [6, 6.07) is -0.402. The van der Waals surface area contributed by atoms with Gasteiger partial charge in [0.1, 0.15) is 0 Å². The summed E-state index contributed by atoms with van der Waals surface area (Å²) in [5, 5.41) is 0.576. The lowest BCUT2D eigenvalue weighted by Gasteiger charge is -2.33. The molecule has 0 aromatic heterocycles. The van der Waals surface area contributed by atoms with Gasteiger partial charge in [0.25, 0.3) is 0 Å². The zero-order chi connectivity index (χ0) is 12.0. The number of nitrogens with zero attached hydrogens (tertiary/aromatic N) is 1. The molecule has 0 aromatic rings. The zero-order valence-corrected chi connectivity index (χ0v) is 11.0. The fourth-order valence-corrected chi connectivity index (χ4v) is 2.95. The van der Waals surface area contributed by atoms with E-state index in [1.807, 2.05) is 16.7 Å². The van der Waals surface area contributed by atoms with Crippen molar-refractivity contribution in [2.75, 3.05) is 32.6 Å². The molecule has 1 fully saturated rings. The predicted molar refractivity (Wildman–Crippen MR) is 67.6 cm³/mol. The number of amides is 1. The second-order valence-corrected chi connectivity index (χ2v) is 5.48. The Hall–Kier alpha value is -0.260. The molecule has 2 unspecified atom stereocenters.